The van der Waals surface area contributed by atoms with Crippen molar-refractivity contribution in [2.75, 3.05) is 34.3 Å². The Hall–Kier alpha value is -2.21. The molecule has 1 amide bonds. The van der Waals surface area contributed by atoms with Gasteiger partial charge in [0.1, 0.15) is 6.54 Å². The van der Waals surface area contributed by atoms with Crippen LogP contribution in [-0.4, -0.2) is 87.8 Å². The number of likely N-dealkylation sites (N-methyl/N-ethyl adjacent to an activating group) is 2. The number of hydrogen-bond donors (Lipinski definition) is 1. The molecule has 1 aromatic rings. The summed E-state index contributed by atoms with van der Waals surface area (Å²) < 4.78 is 43.9. The molecule has 12 heteroatoms. The molecule has 9 nitrogen and oxygen atoms in total. The molecule has 1 heterocycles. The van der Waals surface area contributed by atoms with E-state index in [2.05, 4.69) is 15.0 Å². The predicted octanol–water partition coefficient (Wildman–Crippen LogP) is -0.345. The highest BCUT2D eigenvalue weighted by Crippen LogP contribution is 2.31. The SMILES string of the molecule is COC(=O)Cn1cc(CN(C)CCN(C)C(=O)C(C)(O)C(F)(F)F)nn1. The zero-order chi connectivity index (χ0) is 20.1. The van der Waals surface area contributed by atoms with Crippen LogP contribution >= 0.6 is 0 Å². The van der Waals surface area contributed by atoms with Crippen molar-refractivity contribution in [3.8, 4) is 0 Å². The summed E-state index contributed by atoms with van der Waals surface area (Å²) in [5, 5.41) is 17.0. The second-order valence-electron chi connectivity index (χ2n) is 6.02. The van der Waals surface area contributed by atoms with Gasteiger partial charge in [0, 0.05) is 26.7 Å². The Labute approximate surface area is 148 Å². The fourth-order valence-electron chi connectivity index (χ4n) is 1.96. The molecule has 1 aromatic heterocycles. The van der Waals surface area contributed by atoms with Crippen molar-refractivity contribution in [2.45, 2.75) is 31.8 Å². The molecule has 0 spiro atoms. The first kappa shape index (κ1) is 21.8. The molecule has 1 rings (SSSR count). The third kappa shape index (κ3) is 5.66. The molecule has 0 radical (unpaired) electrons. The number of amides is 1. The Bertz CT molecular complexity index is 632. The second-order valence-corrected chi connectivity index (χ2v) is 6.02. The van der Waals surface area contributed by atoms with Gasteiger partial charge < -0.3 is 14.7 Å². The molecule has 0 aromatic carbocycles. The molecule has 0 saturated carbocycles. The maximum Gasteiger partial charge on any atom is 0.426 e. The van der Waals surface area contributed by atoms with Gasteiger partial charge in [0.15, 0.2) is 0 Å². The van der Waals surface area contributed by atoms with E-state index in [0.29, 0.717) is 19.2 Å². The maximum atomic E-state index is 12.7. The molecular formula is C14H22F3N5O4. The first-order valence-corrected chi connectivity index (χ1v) is 7.57. The van der Waals surface area contributed by atoms with Gasteiger partial charge in [-0.15, -0.1) is 5.10 Å². The molecule has 26 heavy (non-hydrogen) atoms. The lowest BCUT2D eigenvalue weighted by Crippen LogP contribution is -2.55. The van der Waals surface area contributed by atoms with Crippen LogP contribution in [0.3, 0.4) is 0 Å². The minimum Gasteiger partial charge on any atom is -0.468 e. The Balaban J connectivity index is 2.52. The fourth-order valence-corrected chi connectivity index (χ4v) is 1.96. The first-order valence-electron chi connectivity index (χ1n) is 7.57. The Kier molecular flexibility index (Phi) is 7.09. The van der Waals surface area contributed by atoms with Crippen LogP contribution in [0.4, 0.5) is 13.2 Å². The first-order chi connectivity index (χ1) is 11.9. The van der Waals surface area contributed by atoms with Crippen molar-refractivity contribution in [3.05, 3.63) is 11.9 Å². The van der Waals surface area contributed by atoms with Gasteiger partial charge in [-0.05, 0) is 14.0 Å². The summed E-state index contributed by atoms with van der Waals surface area (Å²) in [6, 6.07) is 0. The summed E-state index contributed by atoms with van der Waals surface area (Å²) >= 11 is 0. The largest absolute Gasteiger partial charge is 0.468 e. The highest BCUT2D eigenvalue weighted by atomic mass is 19.4. The normalized spacial score (nSPS) is 14.2. The molecule has 1 atom stereocenters. The third-order valence-corrected chi connectivity index (χ3v) is 3.67. The molecule has 0 bridgehead atoms. The number of methoxy groups -OCH3 is 1. The van der Waals surface area contributed by atoms with E-state index in [1.807, 2.05) is 0 Å². The summed E-state index contributed by atoms with van der Waals surface area (Å²) in [7, 11) is 4.12. The van der Waals surface area contributed by atoms with Crippen molar-refractivity contribution in [2.24, 2.45) is 0 Å². The van der Waals surface area contributed by atoms with Crippen LogP contribution in [0.15, 0.2) is 6.20 Å². The van der Waals surface area contributed by atoms with E-state index in [0.717, 1.165) is 4.90 Å². The minimum absolute atomic E-state index is 0.0299. The Morgan fingerprint density at radius 3 is 2.46 bits per heavy atom. The summed E-state index contributed by atoms with van der Waals surface area (Å²) in [6.07, 6.45) is -3.51. The number of rotatable bonds is 8. The molecule has 1 unspecified atom stereocenters. The Morgan fingerprint density at radius 2 is 1.92 bits per heavy atom. The standard InChI is InChI=1S/C14H22F3N5O4/c1-13(25,14(15,16)17)12(24)21(3)6-5-20(2)7-10-8-22(19-18-10)9-11(23)26-4/h8,25H,5-7,9H2,1-4H3. The Morgan fingerprint density at radius 1 is 1.31 bits per heavy atom. The van der Waals surface area contributed by atoms with Gasteiger partial charge in [0.25, 0.3) is 5.91 Å². The molecule has 0 saturated heterocycles. The molecular weight excluding hydrogens is 359 g/mol. The van der Waals surface area contributed by atoms with Crippen molar-refractivity contribution < 1.29 is 32.6 Å². The number of carbonyl (C=O) groups is 2. The monoisotopic (exact) mass is 381 g/mol. The van der Waals surface area contributed by atoms with Crippen LogP contribution in [0, 0.1) is 0 Å². The third-order valence-electron chi connectivity index (χ3n) is 3.67. The van der Waals surface area contributed by atoms with Gasteiger partial charge in [-0.1, -0.05) is 5.21 Å². The number of aliphatic hydroxyl groups is 1. The second kappa shape index (κ2) is 8.45. The van der Waals surface area contributed by atoms with E-state index >= 15 is 0 Å². The van der Waals surface area contributed by atoms with E-state index in [9.17, 15) is 27.9 Å². The molecule has 0 fully saturated rings. The zero-order valence-corrected chi connectivity index (χ0v) is 14.9. The van der Waals surface area contributed by atoms with Crippen LogP contribution in [0.1, 0.15) is 12.6 Å². The number of esters is 1. The maximum absolute atomic E-state index is 12.7. The van der Waals surface area contributed by atoms with Crippen LogP contribution in [0.2, 0.25) is 0 Å². The summed E-state index contributed by atoms with van der Waals surface area (Å²) in [4.78, 5) is 25.5. The van der Waals surface area contributed by atoms with E-state index in [4.69, 9.17) is 0 Å². The lowest BCUT2D eigenvalue weighted by Gasteiger charge is -2.30. The number of alkyl halides is 3. The number of halogens is 3. The number of nitrogens with zero attached hydrogens (tertiary/aromatic N) is 5. The van der Waals surface area contributed by atoms with Crippen LogP contribution in [0.25, 0.3) is 0 Å². The lowest BCUT2D eigenvalue weighted by atomic mass is 10.1. The number of aromatic nitrogens is 3. The molecule has 0 aliphatic rings. The quantitative estimate of drug-likeness (QED) is 0.615. The smallest absolute Gasteiger partial charge is 0.426 e. The highest BCUT2D eigenvalue weighted by molar-refractivity contribution is 5.85. The van der Waals surface area contributed by atoms with Crippen LogP contribution in [0.5, 0.6) is 0 Å². The predicted molar refractivity (Wildman–Crippen MR) is 82.7 cm³/mol. The van der Waals surface area contributed by atoms with Gasteiger partial charge in [0.05, 0.1) is 19.0 Å². The lowest BCUT2D eigenvalue weighted by molar-refractivity contribution is -0.249. The summed E-state index contributed by atoms with van der Waals surface area (Å²) in [5.74, 6) is -1.91. The number of carbonyl (C=O) groups excluding carboxylic acids is 2. The molecule has 0 aliphatic heterocycles. The topological polar surface area (TPSA) is 101 Å². The fraction of sp³-hybridized carbons (Fsp3) is 0.714. The summed E-state index contributed by atoms with van der Waals surface area (Å²) in [5.41, 5.74) is -2.90. The average molecular weight is 381 g/mol. The van der Waals surface area contributed by atoms with Gasteiger partial charge in [0.2, 0.25) is 5.60 Å². The molecule has 1 N–H and O–H groups in total. The zero-order valence-electron chi connectivity index (χ0n) is 14.9. The van der Waals surface area contributed by atoms with Gasteiger partial charge in [-0.25, -0.2) is 4.68 Å². The molecule has 148 valence electrons. The minimum atomic E-state index is -5.05. The van der Waals surface area contributed by atoms with Gasteiger partial charge >= 0.3 is 12.1 Å². The van der Waals surface area contributed by atoms with Gasteiger partial charge in [-0.3, -0.25) is 14.5 Å². The highest BCUT2D eigenvalue weighted by Gasteiger charge is 2.56. The van der Waals surface area contributed by atoms with Crippen LogP contribution in [-0.2, 0) is 27.4 Å². The van der Waals surface area contributed by atoms with E-state index in [-0.39, 0.29) is 19.6 Å². The average Bonchev–Trinajstić information content (AvgIpc) is 2.97. The van der Waals surface area contributed by atoms with Crippen molar-refractivity contribution >= 4 is 11.9 Å². The van der Waals surface area contributed by atoms with Crippen molar-refractivity contribution in [3.63, 3.8) is 0 Å². The van der Waals surface area contributed by atoms with E-state index < -0.39 is 23.7 Å². The van der Waals surface area contributed by atoms with Crippen molar-refractivity contribution in [1.82, 2.24) is 24.8 Å². The van der Waals surface area contributed by atoms with E-state index in [1.165, 1.54) is 25.0 Å². The molecule has 0 aliphatic carbocycles. The van der Waals surface area contributed by atoms with Crippen molar-refractivity contribution in [1.29, 1.82) is 0 Å². The van der Waals surface area contributed by atoms with Crippen LogP contribution < -0.4 is 0 Å². The van der Waals surface area contributed by atoms with E-state index in [1.54, 1.807) is 11.9 Å². The summed E-state index contributed by atoms with van der Waals surface area (Å²) in [6.45, 7) is 0.850. The number of hydrogen-bond acceptors (Lipinski definition) is 7. The number of ether oxygens (including phenoxy) is 1. The van der Waals surface area contributed by atoms with Gasteiger partial charge in [-0.2, -0.15) is 13.2 Å².